The Bertz CT molecular complexity index is 464. The van der Waals surface area contributed by atoms with Crippen LogP contribution >= 0.6 is 27.3 Å². The summed E-state index contributed by atoms with van der Waals surface area (Å²) < 4.78 is 0.899. The minimum atomic E-state index is 0.328. The van der Waals surface area contributed by atoms with Crippen LogP contribution in [-0.2, 0) is 6.42 Å². The standard InChI is InChI=1S/C12H14BrN3S/c1-8(5-9-3-2-4-17-9)16-12-10(13)6-15-7-11(12)14/h2-4,6-8H,5,14H2,1H3,(H,15,16). The average Bonchev–Trinajstić information content (AvgIpc) is 2.76. The van der Waals surface area contributed by atoms with Crippen molar-refractivity contribution >= 4 is 38.6 Å². The molecule has 2 aromatic rings. The van der Waals surface area contributed by atoms with Crippen LogP contribution in [-0.4, -0.2) is 11.0 Å². The smallest absolute Gasteiger partial charge is 0.0752 e. The van der Waals surface area contributed by atoms with Gasteiger partial charge in [-0.2, -0.15) is 0 Å². The minimum absolute atomic E-state index is 0.328. The molecule has 0 aliphatic heterocycles. The van der Waals surface area contributed by atoms with Crippen molar-refractivity contribution in [1.82, 2.24) is 4.98 Å². The molecule has 3 nitrogen and oxygen atoms in total. The molecule has 90 valence electrons. The van der Waals surface area contributed by atoms with Gasteiger partial charge in [-0.15, -0.1) is 11.3 Å². The van der Waals surface area contributed by atoms with Gasteiger partial charge < -0.3 is 11.1 Å². The summed E-state index contributed by atoms with van der Waals surface area (Å²) in [6.45, 7) is 2.14. The van der Waals surface area contributed by atoms with E-state index in [0.29, 0.717) is 11.7 Å². The van der Waals surface area contributed by atoms with Crippen molar-refractivity contribution in [2.75, 3.05) is 11.1 Å². The second-order valence-corrected chi connectivity index (χ2v) is 5.80. The summed E-state index contributed by atoms with van der Waals surface area (Å²) >= 11 is 5.23. The molecular formula is C12H14BrN3S. The normalized spacial score (nSPS) is 12.4. The van der Waals surface area contributed by atoms with Crippen LogP contribution in [0.5, 0.6) is 0 Å². The molecule has 0 saturated heterocycles. The van der Waals surface area contributed by atoms with Gasteiger partial charge in [-0.05, 0) is 34.3 Å². The van der Waals surface area contributed by atoms with Crippen molar-refractivity contribution < 1.29 is 0 Å². The topological polar surface area (TPSA) is 50.9 Å². The number of aromatic nitrogens is 1. The highest BCUT2D eigenvalue weighted by Gasteiger charge is 2.09. The Hall–Kier alpha value is -1.07. The minimum Gasteiger partial charge on any atom is -0.396 e. The third-order valence-corrected chi connectivity index (χ3v) is 3.91. The quantitative estimate of drug-likeness (QED) is 0.908. The third kappa shape index (κ3) is 3.20. The molecule has 5 heteroatoms. The van der Waals surface area contributed by atoms with Crippen LogP contribution in [0.3, 0.4) is 0 Å². The molecular weight excluding hydrogens is 298 g/mol. The maximum absolute atomic E-state index is 5.89. The molecule has 0 amide bonds. The first-order chi connectivity index (χ1) is 8.16. The van der Waals surface area contributed by atoms with Crippen molar-refractivity contribution in [3.05, 3.63) is 39.3 Å². The molecule has 2 rings (SSSR count). The maximum atomic E-state index is 5.89. The Kier molecular flexibility index (Phi) is 4.02. The molecule has 1 atom stereocenters. The van der Waals surface area contributed by atoms with E-state index in [0.717, 1.165) is 16.6 Å². The number of halogens is 1. The number of hydrogen-bond donors (Lipinski definition) is 2. The predicted molar refractivity (Wildman–Crippen MR) is 77.5 cm³/mol. The van der Waals surface area contributed by atoms with Crippen LogP contribution in [0.25, 0.3) is 0 Å². The number of nitrogens with zero attached hydrogens (tertiary/aromatic N) is 1. The molecule has 0 fully saturated rings. The van der Waals surface area contributed by atoms with E-state index in [1.165, 1.54) is 4.88 Å². The van der Waals surface area contributed by atoms with Crippen LogP contribution in [0.1, 0.15) is 11.8 Å². The molecule has 2 aromatic heterocycles. The Balaban J connectivity index is 2.05. The highest BCUT2D eigenvalue weighted by Crippen LogP contribution is 2.28. The Morgan fingerprint density at radius 3 is 3.00 bits per heavy atom. The lowest BCUT2D eigenvalue weighted by Gasteiger charge is -2.17. The van der Waals surface area contributed by atoms with E-state index in [2.05, 4.69) is 50.7 Å². The van der Waals surface area contributed by atoms with E-state index >= 15 is 0 Å². The van der Waals surface area contributed by atoms with Gasteiger partial charge in [-0.3, -0.25) is 4.98 Å². The van der Waals surface area contributed by atoms with Crippen molar-refractivity contribution in [3.63, 3.8) is 0 Å². The zero-order valence-corrected chi connectivity index (χ0v) is 11.9. The Labute approximate surface area is 113 Å². The number of nitrogens with two attached hydrogens (primary N) is 1. The zero-order valence-electron chi connectivity index (χ0n) is 9.48. The number of nitrogen functional groups attached to an aromatic ring is 1. The summed E-state index contributed by atoms with van der Waals surface area (Å²) in [6, 6.07) is 4.55. The molecule has 2 heterocycles. The fraction of sp³-hybridized carbons (Fsp3) is 0.250. The van der Waals surface area contributed by atoms with E-state index in [1.54, 1.807) is 23.7 Å². The monoisotopic (exact) mass is 311 g/mol. The number of pyridine rings is 1. The highest BCUT2D eigenvalue weighted by atomic mass is 79.9. The number of rotatable bonds is 4. The molecule has 0 saturated carbocycles. The van der Waals surface area contributed by atoms with Gasteiger partial charge in [0.1, 0.15) is 0 Å². The summed E-state index contributed by atoms with van der Waals surface area (Å²) in [5.74, 6) is 0. The molecule has 0 aliphatic rings. The van der Waals surface area contributed by atoms with Crippen LogP contribution in [0, 0.1) is 0 Å². The summed E-state index contributed by atoms with van der Waals surface area (Å²) in [5.41, 5.74) is 7.48. The van der Waals surface area contributed by atoms with E-state index in [9.17, 15) is 0 Å². The van der Waals surface area contributed by atoms with Crippen LogP contribution in [0.4, 0.5) is 11.4 Å². The first kappa shape index (κ1) is 12.4. The predicted octanol–water partition coefficient (Wildman–Crippen LogP) is 3.53. The molecule has 3 N–H and O–H groups in total. The maximum Gasteiger partial charge on any atom is 0.0752 e. The van der Waals surface area contributed by atoms with Crippen LogP contribution < -0.4 is 11.1 Å². The molecule has 0 bridgehead atoms. The molecule has 0 aromatic carbocycles. The van der Waals surface area contributed by atoms with E-state index in [4.69, 9.17) is 5.73 Å². The first-order valence-corrected chi connectivity index (χ1v) is 7.02. The summed E-state index contributed by atoms with van der Waals surface area (Å²) in [6.07, 6.45) is 4.40. The van der Waals surface area contributed by atoms with E-state index < -0.39 is 0 Å². The Morgan fingerprint density at radius 1 is 1.53 bits per heavy atom. The van der Waals surface area contributed by atoms with E-state index in [-0.39, 0.29) is 0 Å². The first-order valence-electron chi connectivity index (χ1n) is 5.34. The van der Waals surface area contributed by atoms with Crippen LogP contribution in [0.15, 0.2) is 34.4 Å². The summed E-state index contributed by atoms with van der Waals surface area (Å²) in [5, 5.41) is 5.51. The number of anilines is 2. The molecule has 0 spiro atoms. The Morgan fingerprint density at radius 2 is 2.35 bits per heavy atom. The number of nitrogens with one attached hydrogen (secondary N) is 1. The molecule has 0 radical (unpaired) electrons. The van der Waals surface area contributed by atoms with Gasteiger partial charge in [0.2, 0.25) is 0 Å². The molecule has 1 unspecified atom stereocenters. The average molecular weight is 312 g/mol. The van der Waals surface area contributed by atoms with Gasteiger partial charge in [0, 0.05) is 23.5 Å². The lowest BCUT2D eigenvalue weighted by molar-refractivity contribution is 0.800. The fourth-order valence-corrected chi connectivity index (χ4v) is 2.93. The van der Waals surface area contributed by atoms with Gasteiger partial charge in [-0.25, -0.2) is 0 Å². The lowest BCUT2D eigenvalue weighted by Crippen LogP contribution is -2.18. The second kappa shape index (κ2) is 5.51. The number of thiophene rings is 1. The molecule has 0 aliphatic carbocycles. The van der Waals surface area contributed by atoms with Gasteiger partial charge in [0.05, 0.1) is 22.0 Å². The van der Waals surface area contributed by atoms with Gasteiger partial charge in [0.15, 0.2) is 0 Å². The van der Waals surface area contributed by atoms with Crippen LogP contribution in [0.2, 0.25) is 0 Å². The highest BCUT2D eigenvalue weighted by molar-refractivity contribution is 9.10. The van der Waals surface area contributed by atoms with Crippen molar-refractivity contribution in [2.45, 2.75) is 19.4 Å². The lowest BCUT2D eigenvalue weighted by atomic mass is 10.2. The molecule has 17 heavy (non-hydrogen) atoms. The van der Waals surface area contributed by atoms with Gasteiger partial charge in [0.25, 0.3) is 0 Å². The SMILES string of the molecule is CC(Cc1cccs1)Nc1c(N)cncc1Br. The summed E-state index contributed by atoms with van der Waals surface area (Å²) in [7, 11) is 0. The summed E-state index contributed by atoms with van der Waals surface area (Å²) in [4.78, 5) is 5.39. The van der Waals surface area contributed by atoms with Gasteiger partial charge in [-0.1, -0.05) is 6.07 Å². The number of hydrogen-bond acceptors (Lipinski definition) is 4. The third-order valence-electron chi connectivity index (χ3n) is 2.41. The van der Waals surface area contributed by atoms with Crippen molar-refractivity contribution in [1.29, 1.82) is 0 Å². The zero-order chi connectivity index (χ0) is 12.3. The van der Waals surface area contributed by atoms with E-state index in [1.807, 2.05) is 0 Å². The van der Waals surface area contributed by atoms with Crippen molar-refractivity contribution in [2.24, 2.45) is 0 Å². The van der Waals surface area contributed by atoms with Gasteiger partial charge >= 0.3 is 0 Å². The second-order valence-electron chi connectivity index (χ2n) is 3.91. The fourth-order valence-electron chi connectivity index (χ4n) is 1.63. The largest absolute Gasteiger partial charge is 0.396 e. The van der Waals surface area contributed by atoms with Crippen molar-refractivity contribution in [3.8, 4) is 0 Å².